The topological polar surface area (TPSA) is 26.0 Å². The molecule has 13 heavy (non-hydrogen) atoms. The van der Waals surface area contributed by atoms with Crippen molar-refractivity contribution in [1.29, 1.82) is 0 Å². The smallest absolute Gasteiger partial charge is 0.0416 e. The molecule has 0 atom stereocenters. The van der Waals surface area contributed by atoms with Crippen LogP contribution in [-0.4, -0.2) is 6.04 Å². The van der Waals surface area contributed by atoms with Gasteiger partial charge in [0.2, 0.25) is 0 Å². The second kappa shape index (κ2) is 3.93. The van der Waals surface area contributed by atoms with Gasteiger partial charge in [0, 0.05) is 6.04 Å². The molecule has 0 amide bonds. The molecule has 0 aliphatic heterocycles. The second-order valence-corrected chi connectivity index (χ2v) is 3.92. The van der Waals surface area contributed by atoms with E-state index >= 15 is 0 Å². The van der Waals surface area contributed by atoms with Gasteiger partial charge in [0.15, 0.2) is 0 Å². The number of hydrogen-bond donors (Lipinski definition) is 1. The molecule has 1 nitrogen and oxygen atoms in total. The first kappa shape index (κ1) is 8.76. The number of allylic oxidation sites excluding steroid dienone is 4. The fourth-order valence-corrected chi connectivity index (χ4v) is 2.05. The highest BCUT2D eigenvalue weighted by Crippen LogP contribution is 2.27. The molecule has 0 aromatic carbocycles. The summed E-state index contributed by atoms with van der Waals surface area (Å²) in [6.07, 6.45) is 15.3. The maximum atomic E-state index is 5.73. The minimum absolute atomic E-state index is 0.132. The molecule has 0 bridgehead atoms. The standard InChI is InChI=1S/C12H17N/c13-12-8-6-11(7-9-12)10-4-2-1-3-5-10/h6-9,12H,1-5,13H2. The summed E-state index contributed by atoms with van der Waals surface area (Å²) in [5, 5.41) is 0. The van der Waals surface area contributed by atoms with Crippen LogP contribution < -0.4 is 5.73 Å². The number of rotatable bonds is 0. The Bertz CT molecular complexity index is 247. The summed E-state index contributed by atoms with van der Waals surface area (Å²) in [4.78, 5) is 0. The molecule has 2 N–H and O–H groups in total. The zero-order valence-corrected chi connectivity index (χ0v) is 8.00. The third-order valence-electron chi connectivity index (χ3n) is 2.86. The molecule has 0 aromatic rings. The summed E-state index contributed by atoms with van der Waals surface area (Å²) in [6.45, 7) is 0. The Hall–Kier alpha value is -0.820. The van der Waals surface area contributed by atoms with Crippen molar-refractivity contribution < 1.29 is 0 Å². The van der Waals surface area contributed by atoms with Crippen LogP contribution in [0.2, 0.25) is 0 Å². The number of hydrogen-bond acceptors (Lipinski definition) is 1. The maximum Gasteiger partial charge on any atom is 0.0416 e. The summed E-state index contributed by atoms with van der Waals surface area (Å²) < 4.78 is 0. The lowest BCUT2D eigenvalue weighted by Gasteiger charge is -2.17. The van der Waals surface area contributed by atoms with E-state index < -0.39 is 0 Å². The van der Waals surface area contributed by atoms with E-state index in [1.165, 1.54) is 37.7 Å². The fourth-order valence-electron chi connectivity index (χ4n) is 2.05. The van der Waals surface area contributed by atoms with Gasteiger partial charge in [0.25, 0.3) is 0 Å². The molecule has 1 heteroatoms. The van der Waals surface area contributed by atoms with E-state index in [2.05, 4.69) is 24.3 Å². The zero-order chi connectivity index (χ0) is 9.10. The fraction of sp³-hybridized carbons (Fsp3) is 0.500. The van der Waals surface area contributed by atoms with Gasteiger partial charge in [-0.3, -0.25) is 0 Å². The zero-order valence-electron chi connectivity index (χ0n) is 8.00. The first-order chi connectivity index (χ1) is 6.36. The summed E-state index contributed by atoms with van der Waals surface area (Å²) in [6, 6.07) is 0.132. The lowest BCUT2D eigenvalue weighted by molar-refractivity contribution is 0.596. The lowest BCUT2D eigenvalue weighted by Crippen LogP contribution is -2.15. The molecule has 0 heterocycles. The minimum Gasteiger partial charge on any atom is -0.321 e. The van der Waals surface area contributed by atoms with Crippen LogP contribution >= 0.6 is 0 Å². The lowest BCUT2D eigenvalue weighted by atomic mass is 9.89. The molecule has 0 spiro atoms. The first-order valence-corrected chi connectivity index (χ1v) is 5.20. The van der Waals surface area contributed by atoms with Gasteiger partial charge < -0.3 is 5.73 Å². The molecule has 2 rings (SSSR count). The van der Waals surface area contributed by atoms with Gasteiger partial charge in [0.05, 0.1) is 0 Å². The Morgan fingerprint density at radius 1 is 1.00 bits per heavy atom. The molecule has 0 unspecified atom stereocenters. The highest BCUT2D eigenvalue weighted by Gasteiger charge is 2.09. The van der Waals surface area contributed by atoms with E-state index in [9.17, 15) is 0 Å². The van der Waals surface area contributed by atoms with E-state index in [1.54, 1.807) is 5.57 Å². The van der Waals surface area contributed by atoms with Gasteiger partial charge in [-0.2, -0.15) is 0 Å². The van der Waals surface area contributed by atoms with E-state index in [0.29, 0.717) is 0 Å². The highest BCUT2D eigenvalue weighted by molar-refractivity contribution is 5.41. The van der Waals surface area contributed by atoms with Crippen molar-refractivity contribution in [3.8, 4) is 0 Å². The largest absolute Gasteiger partial charge is 0.321 e. The van der Waals surface area contributed by atoms with Crippen LogP contribution in [0.3, 0.4) is 0 Å². The van der Waals surface area contributed by atoms with Crippen LogP contribution in [0.1, 0.15) is 32.1 Å². The van der Waals surface area contributed by atoms with Crippen molar-refractivity contribution in [2.75, 3.05) is 0 Å². The molecule has 0 radical (unpaired) electrons. The van der Waals surface area contributed by atoms with Crippen LogP contribution in [0.25, 0.3) is 0 Å². The molecule has 1 fully saturated rings. The Morgan fingerprint density at radius 3 is 2.23 bits per heavy atom. The van der Waals surface area contributed by atoms with Gasteiger partial charge in [-0.15, -0.1) is 0 Å². The molecule has 0 aromatic heterocycles. The third-order valence-corrected chi connectivity index (χ3v) is 2.86. The van der Waals surface area contributed by atoms with E-state index in [1.807, 2.05) is 0 Å². The number of nitrogens with two attached hydrogens (primary N) is 1. The Labute approximate surface area is 80.0 Å². The van der Waals surface area contributed by atoms with Crippen LogP contribution in [0, 0.1) is 0 Å². The summed E-state index contributed by atoms with van der Waals surface area (Å²) in [5.41, 5.74) is 8.78. The molecule has 70 valence electrons. The van der Waals surface area contributed by atoms with Crippen molar-refractivity contribution in [1.82, 2.24) is 0 Å². The van der Waals surface area contributed by atoms with Gasteiger partial charge in [-0.1, -0.05) is 36.3 Å². The van der Waals surface area contributed by atoms with Crippen LogP contribution in [0.4, 0.5) is 0 Å². The first-order valence-electron chi connectivity index (χ1n) is 5.20. The van der Waals surface area contributed by atoms with E-state index in [4.69, 9.17) is 5.73 Å². The van der Waals surface area contributed by atoms with Crippen LogP contribution in [-0.2, 0) is 0 Å². The molecule has 1 saturated carbocycles. The summed E-state index contributed by atoms with van der Waals surface area (Å²) >= 11 is 0. The van der Waals surface area contributed by atoms with Crippen molar-refractivity contribution >= 4 is 0 Å². The molecule has 0 saturated heterocycles. The summed E-state index contributed by atoms with van der Waals surface area (Å²) in [5.74, 6) is 0. The molecular formula is C12H17N. The maximum absolute atomic E-state index is 5.73. The van der Waals surface area contributed by atoms with Gasteiger partial charge in [0.1, 0.15) is 0 Å². The molecule has 2 aliphatic carbocycles. The van der Waals surface area contributed by atoms with Gasteiger partial charge in [-0.05, 0) is 31.3 Å². The Morgan fingerprint density at radius 2 is 1.62 bits per heavy atom. The average Bonchev–Trinajstić information content (AvgIpc) is 2.20. The second-order valence-electron chi connectivity index (χ2n) is 3.92. The van der Waals surface area contributed by atoms with E-state index in [-0.39, 0.29) is 6.04 Å². The normalized spacial score (nSPS) is 28.2. The van der Waals surface area contributed by atoms with Crippen molar-refractivity contribution in [3.05, 3.63) is 35.5 Å². The SMILES string of the molecule is NC1C=CC(=C2CCCCC2)C=C1. The quantitative estimate of drug-likeness (QED) is 0.602. The monoisotopic (exact) mass is 175 g/mol. The highest BCUT2D eigenvalue weighted by atomic mass is 14.6. The minimum atomic E-state index is 0.132. The van der Waals surface area contributed by atoms with Crippen molar-refractivity contribution in [2.45, 2.75) is 38.1 Å². The van der Waals surface area contributed by atoms with Gasteiger partial charge >= 0.3 is 0 Å². The Kier molecular flexibility index (Phi) is 2.65. The predicted molar refractivity (Wildman–Crippen MR) is 56.4 cm³/mol. The average molecular weight is 175 g/mol. The Balaban J connectivity index is 2.14. The van der Waals surface area contributed by atoms with Crippen molar-refractivity contribution in [2.24, 2.45) is 5.73 Å². The van der Waals surface area contributed by atoms with E-state index in [0.717, 1.165) is 0 Å². The third kappa shape index (κ3) is 2.10. The molecular weight excluding hydrogens is 158 g/mol. The van der Waals surface area contributed by atoms with Gasteiger partial charge in [-0.25, -0.2) is 0 Å². The van der Waals surface area contributed by atoms with Crippen molar-refractivity contribution in [3.63, 3.8) is 0 Å². The van der Waals surface area contributed by atoms with Crippen LogP contribution in [0.5, 0.6) is 0 Å². The summed E-state index contributed by atoms with van der Waals surface area (Å²) in [7, 11) is 0. The van der Waals surface area contributed by atoms with Crippen LogP contribution in [0.15, 0.2) is 35.5 Å². The predicted octanol–water partition coefficient (Wildman–Crippen LogP) is 2.70. The molecule has 2 aliphatic rings.